The fourth-order valence-corrected chi connectivity index (χ4v) is 3.82. The smallest absolute Gasteiger partial charge is 0.0433 e. The van der Waals surface area contributed by atoms with Crippen LogP contribution >= 0.6 is 0 Å². The van der Waals surface area contributed by atoms with Gasteiger partial charge < -0.3 is 10.2 Å². The lowest BCUT2D eigenvalue weighted by Gasteiger charge is -2.43. The molecule has 0 aromatic rings. The van der Waals surface area contributed by atoms with E-state index >= 15 is 0 Å². The molecule has 1 aliphatic carbocycles. The average Bonchev–Trinajstić information content (AvgIpc) is 2.31. The molecule has 16 heavy (non-hydrogen) atoms. The summed E-state index contributed by atoms with van der Waals surface area (Å²) in [5.41, 5.74) is 0. The lowest BCUT2D eigenvalue weighted by atomic mass is 9.63. The number of aliphatic hydroxyl groups excluding tert-OH is 2. The van der Waals surface area contributed by atoms with E-state index in [1.165, 1.54) is 25.7 Å². The number of rotatable bonds is 6. The Labute approximate surface area is 100 Å². The van der Waals surface area contributed by atoms with Crippen molar-refractivity contribution < 1.29 is 10.2 Å². The molecule has 0 aromatic carbocycles. The van der Waals surface area contributed by atoms with Gasteiger partial charge in [-0.15, -0.1) is 0 Å². The van der Waals surface area contributed by atoms with Crippen LogP contribution in [0.15, 0.2) is 0 Å². The van der Waals surface area contributed by atoms with E-state index in [2.05, 4.69) is 13.8 Å². The highest BCUT2D eigenvalue weighted by Crippen LogP contribution is 2.44. The van der Waals surface area contributed by atoms with Gasteiger partial charge in [0.05, 0.1) is 0 Å². The molecule has 1 rings (SSSR count). The normalized spacial score (nSPS) is 35.2. The molecule has 0 aliphatic heterocycles. The average molecular weight is 228 g/mol. The molecule has 1 saturated carbocycles. The van der Waals surface area contributed by atoms with Crippen molar-refractivity contribution >= 4 is 0 Å². The van der Waals surface area contributed by atoms with Gasteiger partial charge in [-0.25, -0.2) is 0 Å². The molecule has 4 atom stereocenters. The molecule has 0 amide bonds. The predicted octanol–water partition coefficient (Wildman–Crippen LogP) is 2.83. The fourth-order valence-electron chi connectivity index (χ4n) is 3.82. The summed E-state index contributed by atoms with van der Waals surface area (Å²) in [4.78, 5) is 0. The lowest BCUT2D eigenvalue weighted by molar-refractivity contribution is 0.0479. The molecule has 0 spiro atoms. The maximum atomic E-state index is 9.21. The summed E-state index contributed by atoms with van der Waals surface area (Å²) < 4.78 is 0. The third kappa shape index (κ3) is 3.21. The Kier molecular flexibility index (Phi) is 6.37. The minimum Gasteiger partial charge on any atom is -0.396 e. The molecule has 0 heterocycles. The first-order valence-corrected chi connectivity index (χ1v) is 7.00. The molecule has 96 valence electrons. The van der Waals surface area contributed by atoms with Crippen molar-refractivity contribution in [1.82, 2.24) is 0 Å². The van der Waals surface area contributed by atoms with Crippen molar-refractivity contribution in [2.45, 2.75) is 52.4 Å². The number of aliphatic hydroxyl groups is 2. The molecule has 0 bridgehead atoms. The Bertz CT molecular complexity index is 182. The maximum Gasteiger partial charge on any atom is 0.0433 e. The number of hydrogen-bond donors (Lipinski definition) is 2. The van der Waals surface area contributed by atoms with Crippen LogP contribution in [0, 0.1) is 23.7 Å². The largest absolute Gasteiger partial charge is 0.396 e. The van der Waals surface area contributed by atoms with E-state index in [-0.39, 0.29) is 0 Å². The van der Waals surface area contributed by atoms with Gasteiger partial charge in [0.1, 0.15) is 0 Å². The van der Waals surface area contributed by atoms with E-state index in [1.54, 1.807) is 0 Å². The van der Waals surface area contributed by atoms with Crippen LogP contribution in [0.2, 0.25) is 0 Å². The van der Waals surface area contributed by atoms with Gasteiger partial charge in [0.15, 0.2) is 0 Å². The van der Waals surface area contributed by atoms with Gasteiger partial charge in [0.2, 0.25) is 0 Å². The molecular formula is C14H28O2. The summed E-state index contributed by atoms with van der Waals surface area (Å²) in [5.74, 6) is 2.89. The van der Waals surface area contributed by atoms with Gasteiger partial charge in [-0.3, -0.25) is 0 Å². The first kappa shape index (κ1) is 14.0. The molecule has 2 N–H and O–H groups in total. The lowest BCUT2D eigenvalue weighted by Crippen LogP contribution is -2.35. The van der Waals surface area contributed by atoms with E-state index in [9.17, 15) is 5.11 Å². The molecule has 4 unspecified atom stereocenters. The molecule has 1 aliphatic rings. The van der Waals surface area contributed by atoms with E-state index in [0.29, 0.717) is 25.0 Å². The van der Waals surface area contributed by atoms with Crippen molar-refractivity contribution in [2.24, 2.45) is 23.7 Å². The Morgan fingerprint density at radius 3 is 1.94 bits per heavy atom. The van der Waals surface area contributed by atoms with Crippen LogP contribution in [0.25, 0.3) is 0 Å². The van der Waals surface area contributed by atoms with Gasteiger partial charge >= 0.3 is 0 Å². The second-order valence-corrected chi connectivity index (χ2v) is 5.27. The van der Waals surface area contributed by atoms with Crippen molar-refractivity contribution in [3.63, 3.8) is 0 Å². The van der Waals surface area contributed by atoms with E-state index < -0.39 is 0 Å². The van der Waals surface area contributed by atoms with E-state index in [0.717, 1.165) is 24.7 Å². The summed E-state index contributed by atoms with van der Waals surface area (Å²) in [7, 11) is 0. The molecule has 0 saturated heterocycles. The second-order valence-electron chi connectivity index (χ2n) is 5.27. The Morgan fingerprint density at radius 2 is 1.44 bits per heavy atom. The predicted molar refractivity (Wildman–Crippen MR) is 67.2 cm³/mol. The standard InChI is InChI=1S/C14H28O2/c1-3-11-5-6-12(7-9-15)14(8-10-16)13(11)4-2/h11-16H,3-10H2,1-2H3. The van der Waals surface area contributed by atoms with Crippen molar-refractivity contribution in [3.8, 4) is 0 Å². The minimum absolute atomic E-state index is 0.305. The zero-order valence-electron chi connectivity index (χ0n) is 10.9. The van der Waals surface area contributed by atoms with Crippen LogP contribution < -0.4 is 0 Å². The summed E-state index contributed by atoms with van der Waals surface area (Å²) in [6, 6.07) is 0. The van der Waals surface area contributed by atoms with Crippen molar-refractivity contribution in [3.05, 3.63) is 0 Å². The zero-order valence-corrected chi connectivity index (χ0v) is 10.9. The molecule has 2 heteroatoms. The summed E-state index contributed by atoms with van der Waals surface area (Å²) in [6.07, 6.45) is 6.93. The second kappa shape index (κ2) is 7.29. The maximum absolute atomic E-state index is 9.21. The van der Waals surface area contributed by atoms with E-state index in [1.807, 2.05) is 0 Å². The van der Waals surface area contributed by atoms with Gasteiger partial charge in [0.25, 0.3) is 0 Å². The SMILES string of the molecule is CCC1CCC(CCO)C(CCO)C1CC. The summed E-state index contributed by atoms with van der Waals surface area (Å²) in [5, 5.41) is 18.3. The van der Waals surface area contributed by atoms with Crippen LogP contribution in [0.3, 0.4) is 0 Å². The molecular weight excluding hydrogens is 200 g/mol. The van der Waals surface area contributed by atoms with Gasteiger partial charge in [-0.2, -0.15) is 0 Å². The fraction of sp³-hybridized carbons (Fsp3) is 1.00. The Hall–Kier alpha value is -0.0800. The highest BCUT2D eigenvalue weighted by molar-refractivity contribution is 4.86. The van der Waals surface area contributed by atoms with E-state index in [4.69, 9.17) is 5.11 Å². The first-order valence-electron chi connectivity index (χ1n) is 7.00. The minimum atomic E-state index is 0.305. The molecule has 0 aromatic heterocycles. The van der Waals surface area contributed by atoms with Crippen molar-refractivity contribution in [1.29, 1.82) is 0 Å². The van der Waals surface area contributed by atoms with Gasteiger partial charge in [-0.1, -0.05) is 26.7 Å². The Morgan fingerprint density at radius 1 is 0.812 bits per heavy atom. The highest BCUT2D eigenvalue weighted by Gasteiger charge is 2.36. The quantitative estimate of drug-likeness (QED) is 0.734. The first-order chi connectivity index (χ1) is 7.78. The zero-order chi connectivity index (χ0) is 12.0. The third-order valence-corrected chi connectivity index (χ3v) is 4.63. The summed E-state index contributed by atoms with van der Waals surface area (Å²) >= 11 is 0. The molecule has 2 nitrogen and oxygen atoms in total. The van der Waals surface area contributed by atoms with Crippen LogP contribution in [0.5, 0.6) is 0 Å². The molecule has 1 fully saturated rings. The highest BCUT2D eigenvalue weighted by atomic mass is 16.3. The molecule has 0 radical (unpaired) electrons. The monoisotopic (exact) mass is 228 g/mol. The van der Waals surface area contributed by atoms with Gasteiger partial charge in [0, 0.05) is 13.2 Å². The van der Waals surface area contributed by atoms with Crippen LogP contribution in [-0.4, -0.2) is 23.4 Å². The third-order valence-electron chi connectivity index (χ3n) is 4.63. The Balaban J connectivity index is 2.68. The topological polar surface area (TPSA) is 40.5 Å². The van der Waals surface area contributed by atoms with Crippen LogP contribution in [0.1, 0.15) is 52.4 Å². The van der Waals surface area contributed by atoms with Crippen LogP contribution in [0.4, 0.5) is 0 Å². The van der Waals surface area contributed by atoms with Gasteiger partial charge in [-0.05, 0) is 49.4 Å². The number of hydrogen-bond acceptors (Lipinski definition) is 2. The van der Waals surface area contributed by atoms with Crippen molar-refractivity contribution in [2.75, 3.05) is 13.2 Å². The summed E-state index contributed by atoms with van der Waals surface area (Å²) in [6.45, 7) is 5.17. The van der Waals surface area contributed by atoms with Crippen LogP contribution in [-0.2, 0) is 0 Å².